The molecule has 1 atom stereocenters. The molecule has 1 aromatic heterocycles. The second-order valence-corrected chi connectivity index (χ2v) is 4.33. The summed E-state index contributed by atoms with van der Waals surface area (Å²) < 4.78 is 0. The fraction of sp³-hybridized carbons (Fsp3) is 0.462. The van der Waals surface area contributed by atoms with Gasteiger partial charge in [0.25, 0.3) is 0 Å². The minimum absolute atomic E-state index is 0.0712. The van der Waals surface area contributed by atoms with Crippen molar-refractivity contribution in [3.63, 3.8) is 0 Å². The number of nitrogens with zero attached hydrogens (tertiary/aromatic N) is 2. The number of Topliss-reactive ketones (excluding diaryl/α,β-unsaturated/α-hetero) is 1. The number of hydrogen-bond acceptors (Lipinski definition) is 3. The molecule has 0 N–H and O–H groups in total. The summed E-state index contributed by atoms with van der Waals surface area (Å²) in [6, 6.07) is 5.16. The number of rotatable bonds is 3. The van der Waals surface area contributed by atoms with E-state index in [0.717, 1.165) is 25.9 Å². The van der Waals surface area contributed by atoms with E-state index in [-0.39, 0.29) is 11.7 Å². The van der Waals surface area contributed by atoms with Gasteiger partial charge in [0.1, 0.15) is 11.6 Å². The zero-order valence-electron chi connectivity index (χ0n) is 9.93. The molecule has 1 aliphatic rings. The summed E-state index contributed by atoms with van der Waals surface area (Å²) in [5, 5.41) is 0. The maximum Gasteiger partial charge on any atom is 0.233 e. The van der Waals surface area contributed by atoms with Gasteiger partial charge in [-0.05, 0) is 31.9 Å². The molecule has 4 nitrogen and oxygen atoms in total. The highest BCUT2D eigenvalue weighted by molar-refractivity contribution is 6.08. The third-order valence-corrected chi connectivity index (χ3v) is 3.10. The molecule has 90 valence electrons. The van der Waals surface area contributed by atoms with Gasteiger partial charge in [0.15, 0.2) is 5.78 Å². The van der Waals surface area contributed by atoms with Gasteiger partial charge in [-0.25, -0.2) is 0 Å². The van der Waals surface area contributed by atoms with Crippen LogP contribution in [0.1, 0.15) is 30.3 Å². The Morgan fingerprint density at radius 2 is 2.00 bits per heavy atom. The minimum atomic E-state index is -0.622. The summed E-state index contributed by atoms with van der Waals surface area (Å²) in [5.74, 6) is -0.886. The van der Waals surface area contributed by atoms with Gasteiger partial charge in [0.2, 0.25) is 5.91 Å². The van der Waals surface area contributed by atoms with Crippen LogP contribution in [0.5, 0.6) is 0 Å². The molecule has 1 amide bonds. The van der Waals surface area contributed by atoms with Crippen molar-refractivity contribution in [2.75, 3.05) is 13.1 Å². The lowest BCUT2D eigenvalue weighted by Crippen LogP contribution is -2.36. The SMILES string of the molecule is CC(C(=O)c1ccccn1)C(=O)N1CCCC1. The van der Waals surface area contributed by atoms with Crippen LogP contribution >= 0.6 is 0 Å². The van der Waals surface area contributed by atoms with Crippen LogP contribution in [0.15, 0.2) is 24.4 Å². The smallest absolute Gasteiger partial charge is 0.233 e. The average Bonchev–Trinajstić information content (AvgIpc) is 2.91. The van der Waals surface area contributed by atoms with Crippen molar-refractivity contribution in [1.82, 2.24) is 9.88 Å². The number of pyridine rings is 1. The number of carbonyl (C=O) groups excluding carboxylic acids is 2. The lowest BCUT2D eigenvalue weighted by atomic mass is 10.0. The van der Waals surface area contributed by atoms with Gasteiger partial charge in [0, 0.05) is 19.3 Å². The monoisotopic (exact) mass is 232 g/mol. The highest BCUT2D eigenvalue weighted by Crippen LogP contribution is 2.14. The van der Waals surface area contributed by atoms with E-state index in [4.69, 9.17) is 0 Å². The Balaban J connectivity index is 2.07. The minimum Gasteiger partial charge on any atom is -0.342 e. The summed E-state index contributed by atoms with van der Waals surface area (Å²) in [5.41, 5.74) is 0.368. The first-order valence-corrected chi connectivity index (χ1v) is 5.94. The molecule has 17 heavy (non-hydrogen) atoms. The predicted molar refractivity (Wildman–Crippen MR) is 63.5 cm³/mol. The van der Waals surface area contributed by atoms with E-state index in [2.05, 4.69) is 4.98 Å². The average molecular weight is 232 g/mol. The molecule has 1 unspecified atom stereocenters. The van der Waals surface area contributed by atoms with E-state index < -0.39 is 5.92 Å². The van der Waals surface area contributed by atoms with Crippen LogP contribution in [0.3, 0.4) is 0 Å². The normalized spacial score (nSPS) is 16.9. The second kappa shape index (κ2) is 5.08. The van der Waals surface area contributed by atoms with E-state index >= 15 is 0 Å². The summed E-state index contributed by atoms with van der Waals surface area (Å²) in [4.78, 5) is 29.8. The van der Waals surface area contributed by atoms with Crippen molar-refractivity contribution < 1.29 is 9.59 Å². The van der Waals surface area contributed by atoms with Crippen molar-refractivity contribution in [2.45, 2.75) is 19.8 Å². The molecule has 0 radical (unpaired) electrons. The molecular formula is C13H16N2O2. The molecule has 0 saturated carbocycles. The van der Waals surface area contributed by atoms with Crippen LogP contribution in [0, 0.1) is 5.92 Å². The first-order chi connectivity index (χ1) is 8.20. The van der Waals surface area contributed by atoms with Crippen molar-refractivity contribution in [2.24, 2.45) is 5.92 Å². The van der Waals surface area contributed by atoms with E-state index in [1.165, 1.54) is 0 Å². The van der Waals surface area contributed by atoms with Gasteiger partial charge in [0.05, 0.1) is 0 Å². The van der Waals surface area contributed by atoms with E-state index in [0.29, 0.717) is 5.69 Å². The van der Waals surface area contributed by atoms with Crippen LogP contribution in [-0.2, 0) is 4.79 Å². The van der Waals surface area contributed by atoms with Crippen molar-refractivity contribution in [3.05, 3.63) is 30.1 Å². The first-order valence-electron chi connectivity index (χ1n) is 5.94. The fourth-order valence-corrected chi connectivity index (χ4v) is 2.05. The van der Waals surface area contributed by atoms with Crippen LogP contribution < -0.4 is 0 Å². The molecule has 1 aliphatic heterocycles. The van der Waals surface area contributed by atoms with Gasteiger partial charge < -0.3 is 4.90 Å². The van der Waals surface area contributed by atoms with E-state index in [9.17, 15) is 9.59 Å². The van der Waals surface area contributed by atoms with Gasteiger partial charge >= 0.3 is 0 Å². The van der Waals surface area contributed by atoms with Gasteiger partial charge in [-0.3, -0.25) is 14.6 Å². The molecule has 2 heterocycles. The van der Waals surface area contributed by atoms with E-state index in [1.54, 1.807) is 36.2 Å². The first kappa shape index (κ1) is 11.8. The molecule has 0 aliphatic carbocycles. The van der Waals surface area contributed by atoms with Gasteiger partial charge in [-0.15, -0.1) is 0 Å². The molecule has 0 bridgehead atoms. The highest BCUT2D eigenvalue weighted by Gasteiger charge is 2.29. The Hall–Kier alpha value is -1.71. The number of ketones is 1. The highest BCUT2D eigenvalue weighted by atomic mass is 16.2. The third-order valence-electron chi connectivity index (χ3n) is 3.10. The number of aromatic nitrogens is 1. The topological polar surface area (TPSA) is 50.3 Å². The Labute approximate surface area is 101 Å². The summed E-state index contributed by atoms with van der Waals surface area (Å²) in [6.07, 6.45) is 3.65. The molecule has 1 aromatic rings. The van der Waals surface area contributed by atoms with E-state index in [1.807, 2.05) is 0 Å². The lowest BCUT2D eigenvalue weighted by Gasteiger charge is -2.19. The van der Waals surface area contributed by atoms with Crippen molar-refractivity contribution in [3.8, 4) is 0 Å². The van der Waals surface area contributed by atoms with Gasteiger partial charge in [-0.2, -0.15) is 0 Å². The molecule has 2 rings (SSSR count). The second-order valence-electron chi connectivity index (χ2n) is 4.33. The zero-order valence-corrected chi connectivity index (χ0v) is 9.93. The molecule has 0 spiro atoms. The molecule has 4 heteroatoms. The number of carbonyl (C=O) groups is 2. The molecule has 1 saturated heterocycles. The quantitative estimate of drug-likeness (QED) is 0.586. The largest absolute Gasteiger partial charge is 0.342 e. The summed E-state index contributed by atoms with van der Waals surface area (Å²) >= 11 is 0. The molecular weight excluding hydrogens is 216 g/mol. The molecule has 0 aromatic carbocycles. The Morgan fingerprint density at radius 1 is 1.29 bits per heavy atom. The standard InChI is InChI=1S/C13H16N2O2/c1-10(13(17)15-8-4-5-9-15)12(16)11-6-2-3-7-14-11/h2-3,6-7,10H,4-5,8-9H2,1H3. The lowest BCUT2D eigenvalue weighted by molar-refractivity contribution is -0.132. The van der Waals surface area contributed by atoms with Gasteiger partial charge in [-0.1, -0.05) is 6.07 Å². The third kappa shape index (κ3) is 2.52. The fourth-order valence-electron chi connectivity index (χ4n) is 2.05. The number of amides is 1. The Kier molecular flexibility index (Phi) is 3.52. The number of likely N-dealkylation sites (tertiary alicyclic amines) is 1. The van der Waals surface area contributed by atoms with Crippen LogP contribution in [-0.4, -0.2) is 34.7 Å². The van der Waals surface area contributed by atoms with Crippen LogP contribution in [0.25, 0.3) is 0 Å². The van der Waals surface area contributed by atoms with Crippen molar-refractivity contribution >= 4 is 11.7 Å². The summed E-state index contributed by atoms with van der Waals surface area (Å²) in [7, 11) is 0. The number of hydrogen-bond donors (Lipinski definition) is 0. The van der Waals surface area contributed by atoms with Crippen LogP contribution in [0.2, 0.25) is 0 Å². The predicted octanol–water partition coefficient (Wildman–Crippen LogP) is 1.52. The van der Waals surface area contributed by atoms with Crippen LogP contribution in [0.4, 0.5) is 0 Å². The maximum atomic E-state index is 12.0. The Bertz CT molecular complexity index is 411. The maximum absolute atomic E-state index is 12.0. The Morgan fingerprint density at radius 3 is 2.59 bits per heavy atom. The summed E-state index contributed by atoms with van der Waals surface area (Å²) in [6.45, 7) is 3.22. The molecule has 1 fully saturated rings. The zero-order chi connectivity index (χ0) is 12.3. The van der Waals surface area contributed by atoms with Crippen molar-refractivity contribution in [1.29, 1.82) is 0 Å².